The molecule has 0 aromatic heterocycles. The molecule has 3 N–H and O–H groups in total. The Bertz CT molecular complexity index is 142. The first-order valence-electron chi connectivity index (χ1n) is 3.09. The van der Waals surface area contributed by atoms with E-state index in [1.54, 1.807) is 0 Å². The number of nitrogens with two attached hydrogens (primary N) is 1. The van der Waals surface area contributed by atoms with E-state index in [9.17, 15) is 0 Å². The minimum atomic E-state index is 0.0787. The molecule has 1 fully saturated rings. The summed E-state index contributed by atoms with van der Waals surface area (Å²) in [5.41, 5.74) is 5.77. The summed E-state index contributed by atoms with van der Waals surface area (Å²) in [7, 11) is 0. The molecular formula is C6H12N2S. The van der Waals surface area contributed by atoms with Crippen LogP contribution >= 0.6 is 12.2 Å². The van der Waals surface area contributed by atoms with Gasteiger partial charge in [0.1, 0.15) is 0 Å². The molecule has 3 heteroatoms. The average molecular weight is 144 g/mol. The minimum Gasteiger partial charge on any atom is -0.373 e. The molecule has 1 atom stereocenters. The lowest BCUT2D eigenvalue weighted by molar-refractivity contribution is 0.467. The van der Waals surface area contributed by atoms with E-state index in [1.807, 2.05) is 0 Å². The lowest BCUT2D eigenvalue weighted by atomic mass is 10.0. The fourth-order valence-electron chi connectivity index (χ4n) is 1.12. The van der Waals surface area contributed by atoms with E-state index in [0.717, 1.165) is 11.4 Å². The van der Waals surface area contributed by atoms with Gasteiger partial charge in [-0.15, -0.1) is 0 Å². The lowest BCUT2D eigenvalue weighted by Gasteiger charge is -2.16. The molecule has 2 nitrogen and oxygen atoms in total. The molecule has 1 rings (SSSR count). The summed E-state index contributed by atoms with van der Waals surface area (Å²) >= 11 is 4.95. The van der Waals surface area contributed by atoms with Gasteiger partial charge in [-0.05, 0) is 20.3 Å². The third kappa shape index (κ3) is 1.40. The number of rotatable bonds is 0. The van der Waals surface area contributed by atoms with Crippen molar-refractivity contribution in [2.75, 3.05) is 0 Å². The normalized spacial score (nSPS) is 32.3. The standard InChI is InChI=1S/C6H12N2S/c1-6(2)3-4(7)5(9)8-6/h4H,3,7H2,1-2H3,(H,8,9). The zero-order chi connectivity index (χ0) is 7.07. The maximum Gasteiger partial charge on any atom is 0.0928 e. The molecule has 0 aliphatic carbocycles. The first-order chi connectivity index (χ1) is 4.01. The second kappa shape index (κ2) is 1.92. The van der Waals surface area contributed by atoms with Gasteiger partial charge in [0, 0.05) is 5.54 Å². The maximum absolute atomic E-state index is 5.65. The minimum absolute atomic E-state index is 0.0787. The van der Waals surface area contributed by atoms with Crippen LogP contribution in [0.3, 0.4) is 0 Å². The van der Waals surface area contributed by atoms with Crippen LogP contribution in [0, 0.1) is 0 Å². The molecule has 0 bridgehead atoms. The summed E-state index contributed by atoms with van der Waals surface area (Å²) in [6, 6.07) is 0.0787. The molecule has 0 aromatic carbocycles. The molecule has 0 radical (unpaired) electrons. The van der Waals surface area contributed by atoms with Crippen LogP contribution in [-0.2, 0) is 0 Å². The SMILES string of the molecule is CC1(C)CC(N)C(=S)N1. The Morgan fingerprint density at radius 1 is 1.78 bits per heavy atom. The van der Waals surface area contributed by atoms with Crippen LogP contribution in [0.4, 0.5) is 0 Å². The van der Waals surface area contributed by atoms with Crippen molar-refractivity contribution < 1.29 is 0 Å². The Labute approximate surface area is 60.8 Å². The molecule has 1 saturated heterocycles. The highest BCUT2D eigenvalue weighted by Gasteiger charge is 2.31. The number of nitrogens with one attached hydrogen (secondary N) is 1. The quantitative estimate of drug-likeness (QED) is 0.484. The molecule has 1 heterocycles. The first-order valence-corrected chi connectivity index (χ1v) is 3.50. The summed E-state index contributed by atoms with van der Waals surface area (Å²) in [6.07, 6.45) is 0.950. The largest absolute Gasteiger partial charge is 0.373 e. The second-order valence-electron chi connectivity index (χ2n) is 3.18. The van der Waals surface area contributed by atoms with Gasteiger partial charge in [0.15, 0.2) is 0 Å². The van der Waals surface area contributed by atoms with Crippen LogP contribution in [0.1, 0.15) is 20.3 Å². The molecule has 0 aromatic rings. The number of thiocarbonyl (C=S) groups is 1. The summed E-state index contributed by atoms with van der Waals surface area (Å²) < 4.78 is 0. The lowest BCUT2D eigenvalue weighted by Crippen LogP contribution is -2.34. The van der Waals surface area contributed by atoms with Gasteiger partial charge in [0.2, 0.25) is 0 Å². The maximum atomic E-state index is 5.65. The smallest absolute Gasteiger partial charge is 0.0928 e. The number of hydrogen-bond donors (Lipinski definition) is 2. The van der Waals surface area contributed by atoms with Crippen LogP contribution in [0.2, 0.25) is 0 Å². The highest BCUT2D eigenvalue weighted by Crippen LogP contribution is 2.17. The first kappa shape index (κ1) is 6.96. The Morgan fingerprint density at radius 2 is 2.33 bits per heavy atom. The molecule has 0 spiro atoms. The molecule has 52 valence electrons. The number of hydrogen-bond acceptors (Lipinski definition) is 2. The zero-order valence-electron chi connectivity index (χ0n) is 5.77. The predicted octanol–water partition coefficient (Wildman–Crippen LogP) is 0.413. The van der Waals surface area contributed by atoms with Gasteiger partial charge < -0.3 is 11.1 Å². The highest BCUT2D eigenvalue weighted by molar-refractivity contribution is 7.80. The molecule has 0 amide bonds. The van der Waals surface area contributed by atoms with E-state index in [0.29, 0.717) is 0 Å². The van der Waals surface area contributed by atoms with E-state index >= 15 is 0 Å². The molecular weight excluding hydrogens is 132 g/mol. The third-order valence-electron chi connectivity index (χ3n) is 1.53. The van der Waals surface area contributed by atoms with Gasteiger partial charge in [0.25, 0.3) is 0 Å². The Morgan fingerprint density at radius 3 is 2.44 bits per heavy atom. The van der Waals surface area contributed by atoms with E-state index in [-0.39, 0.29) is 11.6 Å². The van der Waals surface area contributed by atoms with Gasteiger partial charge in [-0.2, -0.15) is 0 Å². The van der Waals surface area contributed by atoms with E-state index < -0.39 is 0 Å². The van der Waals surface area contributed by atoms with Crippen molar-refractivity contribution in [3.63, 3.8) is 0 Å². The van der Waals surface area contributed by atoms with Crippen molar-refractivity contribution in [2.24, 2.45) is 5.73 Å². The zero-order valence-corrected chi connectivity index (χ0v) is 6.59. The monoisotopic (exact) mass is 144 g/mol. The van der Waals surface area contributed by atoms with Crippen molar-refractivity contribution >= 4 is 17.2 Å². The molecule has 1 aliphatic rings. The Hall–Kier alpha value is -0.150. The van der Waals surface area contributed by atoms with Crippen LogP contribution in [0.25, 0.3) is 0 Å². The summed E-state index contributed by atoms with van der Waals surface area (Å²) in [5, 5.41) is 3.15. The van der Waals surface area contributed by atoms with Gasteiger partial charge in [0.05, 0.1) is 11.0 Å². The summed E-state index contributed by atoms with van der Waals surface area (Å²) in [6.45, 7) is 4.21. The van der Waals surface area contributed by atoms with E-state index in [1.165, 1.54) is 0 Å². The van der Waals surface area contributed by atoms with Crippen molar-refractivity contribution in [1.82, 2.24) is 5.32 Å². The molecule has 1 aliphatic heterocycles. The van der Waals surface area contributed by atoms with E-state index in [2.05, 4.69) is 19.2 Å². The predicted molar refractivity (Wildman–Crippen MR) is 42.4 cm³/mol. The van der Waals surface area contributed by atoms with Crippen molar-refractivity contribution in [3.8, 4) is 0 Å². The third-order valence-corrected chi connectivity index (χ3v) is 1.93. The van der Waals surface area contributed by atoms with Crippen LogP contribution < -0.4 is 11.1 Å². The van der Waals surface area contributed by atoms with Gasteiger partial charge >= 0.3 is 0 Å². The van der Waals surface area contributed by atoms with Crippen molar-refractivity contribution in [2.45, 2.75) is 31.8 Å². The topological polar surface area (TPSA) is 38.0 Å². The highest BCUT2D eigenvalue weighted by atomic mass is 32.1. The van der Waals surface area contributed by atoms with Gasteiger partial charge in [-0.25, -0.2) is 0 Å². The summed E-state index contributed by atoms with van der Waals surface area (Å²) in [4.78, 5) is 0.806. The fourth-order valence-corrected chi connectivity index (χ4v) is 1.48. The van der Waals surface area contributed by atoms with Crippen LogP contribution in [0.15, 0.2) is 0 Å². The van der Waals surface area contributed by atoms with Crippen molar-refractivity contribution in [3.05, 3.63) is 0 Å². The summed E-state index contributed by atoms with van der Waals surface area (Å²) in [5.74, 6) is 0. The fraction of sp³-hybridized carbons (Fsp3) is 0.833. The van der Waals surface area contributed by atoms with Crippen LogP contribution in [0.5, 0.6) is 0 Å². The molecule has 9 heavy (non-hydrogen) atoms. The average Bonchev–Trinajstić information content (AvgIpc) is 1.79. The second-order valence-corrected chi connectivity index (χ2v) is 3.62. The van der Waals surface area contributed by atoms with Gasteiger partial charge in [-0.3, -0.25) is 0 Å². The molecule has 0 saturated carbocycles. The Kier molecular flexibility index (Phi) is 1.49. The molecule has 1 unspecified atom stereocenters. The van der Waals surface area contributed by atoms with Gasteiger partial charge in [-0.1, -0.05) is 12.2 Å². The van der Waals surface area contributed by atoms with Crippen LogP contribution in [-0.4, -0.2) is 16.6 Å². The van der Waals surface area contributed by atoms with E-state index in [4.69, 9.17) is 18.0 Å². The Balaban J connectivity index is 2.65. The van der Waals surface area contributed by atoms with Crippen molar-refractivity contribution in [1.29, 1.82) is 0 Å².